The number of fused-ring (bicyclic) bond motifs is 1. The fraction of sp³-hybridized carbons (Fsp3) is 0.750. The van der Waals surface area contributed by atoms with Crippen molar-refractivity contribution in [2.45, 2.75) is 31.2 Å². The SMILES string of the molecule is C=C1C2(CC2)CN2CCCC12C(=O)OC. The number of rotatable bonds is 1. The smallest absolute Gasteiger partial charge is 0.330 e. The first kappa shape index (κ1) is 9.40. The van der Waals surface area contributed by atoms with Crippen LogP contribution < -0.4 is 0 Å². The standard InChI is InChI=1S/C12H17NO2/c1-9-11(5-6-11)8-13-7-3-4-12(9,13)10(14)15-2/h1,3-8H2,2H3. The Kier molecular flexibility index (Phi) is 1.66. The molecule has 2 heterocycles. The Labute approximate surface area is 90.1 Å². The van der Waals surface area contributed by atoms with Crippen LogP contribution in [0.3, 0.4) is 0 Å². The van der Waals surface area contributed by atoms with Crippen molar-refractivity contribution in [3.05, 3.63) is 12.2 Å². The number of nitrogens with zero attached hydrogens (tertiary/aromatic N) is 1. The van der Waals surface area contributed by atoms with E-state index in [0.29, 0.717) is 0 Å². The van der Waals surface area contributed by atoms with E-state index in [-0.39, 0.29) is 11.4 Å². The summed E-state index contributed by atoms with van der Waals surface area (Å²) in [5.74, 6) is -0.0891. The molecule has 82 valence electrons. The molecule has 1 aliphatic carbocycles. The summed E-state index contributed by atoms with van der Waals surface area (Å²) in [7, 11) is 1.48. The van der Waals surface area contributed by atoms with Gasteiger partial charge < -0.3 is 4.74 Å². The van der Waals surface area contributed by atoms with E-state index in [1.165, 1.54) is 20.0 Å². The Morgan fingerprint density at radius 3 is 2.80 bits per heavy atom. The average Bonchev–Trinajstić information content (AvgIpc) is 2.83. The maximum absolute atomic E-state index is 12.0. The first-order valence-corrected chi connectivity index (χ1v) is 5.69. The van der Waals surface area contributed by atoms with Crippen molar-refractivity contribution >= 4 is 5.97 Å². The van der Waals surface area contributed by atoms with E-state index in [0.717, 1.165) is 31.5 Å². The first-order valence-electron chi connectivity index (χ1n) is 5.69. The largest absolute Gasteiger partial charge is 0.467 e. The molecular formula is C12H17NO2. The molecule has 3 nitrogen and oxygen atoms in total. The van der Waals surface area contributed by atoms with Crippen LogP contribution in [0.4, 0.5) is 0 Å². The van der Waals surface area contributed by atoms with Gasteiger partial charge in [-0.2, -0.15) is 0 Å². The molecule has 15 heavy (non-hydrogen) atoms. The Hall–Kier alpha value is -0.830. The normalized spacial score (nSPS) is 37.0. The molecule has 0 aromatic rings. The lowest BCUT2D eigenvalue weighted by Crippen LogP contribution is -2.47. The molecule has 0 radical (unpaired) electrons. The van der Waals surface area contributed by atoms with Crippen molar-refractivity contribution in [2.75, 3.05) is 20.2 Å². The summed E-state index contributed by atoms with van der Waals surface area (Å²) in [5.41, 5.74) is 0.958. The van der Waals surface area contributed by atoms with Crippen molar-refractivity contribution in [3.8, 4) is 0 Å². The van der Waals surface area contributed by atoms with Gasteiger partial charge in [-0.25, -0.2) is 4.79 Å². The second-order valence-electron chi connectivity index (χ2n) is 5.14. The predicted molar refractivity (Wildman–Crippen MR) is 56.4 cm³/mol. The second-order valence-corrected chi connectivity index (χ2v) is 5.14. The number of hydrogen-bond donors (Lipinski definition) is 0. The molecule has 3 fully saturated rings. The molecule has 1 spiro atoms. The summed E-state index contributed by atoms with van der Waals surface area (Å²) < 4.78 is 4.99. The number of methoxy groups -OCH3 is 1. The highest BCUT2D eigenvalue weighted by atomic mass is 16.5. The summed E-state index contributed by atoms with van der Waals surface area (Å²) in [4.78, 5) is 14.3. The fourth-order valence-electron chi connectivity index (χ4n) is 3.46. The molecule has 0 amide bonds. The van der Waals surface area contributed by atoms with Crippen LogP contribution in [0.15, 0.2) is 12.2 Å². The van der Waals surface area contributed by atoms with E-state index in [4.69, 9.17) is 4.74 Å². The van der Waals surface area contributed by atoms with Crippen molar-refractivity contribution in [1.29, 1.82) is 0 Å². The van der Waals surface area contributed by atoms with E-state index in [2.05, 4.69) is 11.5 Å². The van der Waals surface area contributed by atoms with Gasteiger partial charge in [0.05, 0.1) is 7.11 Å². The van der Waals surface area contributed by atoms with E-state index in [9.17, 15) is 4.79 Å². The van der Waals surface area contributed by atoms with E-state index < -0.39 is 5.54 Å². The van der Waals surface area contributed by atoms with Crippen LogP contribution in [-0.2, 0) is 9.53 Å². The zero-order chi connectivity index (χ0) is 10.7. The number of ether oxygens (including phenoxy) is 1. The maximum atomic E-state index is 12.0. The van der Waals surface area contributed by atoms with Crippen LogP contribution in [0.1, 0.15) is 25.7 Å². The molecule has 1 unspecified atom stereocenters. The van der Waals surface area contributed by atoms with E-state index in [1.807, 2.05) is 0 Å². The third-order valence-electron chi connectivity index (χ3n) is 4.52. The molecule has 2 saturated heterocycles. The van der Waals surface area contributed by atoms with Crippen molar-refractivity contribution in [2.24, 2.45) is 5.41 Å². The lowest BCUT2D eigenvalue weighted by atomic mass is 9.83. The minimum atomic E-state index is -0.453. The van der Waals surface area contributed by atoms with Crippen molar-refractivity contribution < 1.29 is 9.53 Å². The molecule has 0 bridgehead atoms. The molecule has 1 saturated carbocycles. The van der Waals surface area contributed by atoms with Gasteiger partial charge in [-0.3, -0.25) is 4.90 Å². The van der Waals surface area contributed by atoms with Crippen LogP contribution >= 0.6 is 0 Å². The lowest BCUT2D eigenvalue weighted by molar-refractivity contribution is -0.149. The van der Waals surface area contributed by atoms with Gasteiger partial charge in [0.2, 0.25) is 0 Å². The van der Waals surface area contributed by atoms with Crippen LogP contribution in [0.2, 0.25) is 0 Å². The second kappa shape index (κ2) is 2.64. The first-order chi connectivity index (χ1) is 7.16. The summed E-state index contributed by atoms with van der Waals surface area (Å²) in [6.07, 6.45) is 4.41. The fourth-order valence-corrected chi connectivity index (χ4v) is 3.46. The summed E-state index contributed by atoms with van der Waals surface area (Å²) >= 11 is 0. The molecule has 0 aromatic carbocycles. The predicted octanol–water partition coefficient (Wildman–Crippen LogP) is 1.34. The third kappa shape index (κ3) is 0.924. The third-order valence-corrected chi connectivity index (χ3v) is 4.52. The zero-order valence-corrected chi connectivity index (χ0v) is 9.21. The minimum absolute atomic E-state index is 0.0891. The Balaban J connectivity index is 2.03. The van der Waals surface area contributed by atoms with Gasteiger partial charge in [0, 0.05) is 12.0 Å². The number of esters is 1. The van der Waals surface area contributed by atoms with E-state index in [1.54, 1.807) is 0 Å². The van der Waals surface area contributed by atoms with Gasteiger partial charge in [-0.05, 0) is 37.8 Å². The zero-order valence-electron chi connectivity index (χ0n) is 9.21. The molecule has 3 aliphatic rings. The Bertz CT molecular complexity index is 346. The monoisotopic (exact) mass is 207 g/mol. The van der Waals surface area contributed by atoms with Crippen LogP contribution in [0.5, 0.6) is 0 Å². The Morgan fingerprint density at radius 2 is 2.20 bits per heavy atom. The van der Waals surface area contributed by atoms with E-state index >= 15 is 0 Å². The van der Waals surface area contributed by atoms with Gasteiger partial charge in [0.25, 0.3) is 0 Å². The molecule has 3 heteroatoms. The van der Waals surface area contributed by atoms with Gasteiger partial charge in [0.15, 0.2) is 0 Å². The summed E-state index contributed by atoms with van der Waals surface area (Å²) in [6.45, 7) is 6.26. The van der Waals surface area contributed by atoms with Crippen molar-refractivity contribution in [1.82, 2.24) is 4.90 Å². The molecule has 0 N–H and O–H groups in total. The molecule has 0 aromatic heterocycles. The number of hydrogen-bond acceptors (Lipinski definition) is 3. The summed E-state index contributed by atoms with van der Waals surface area (Å²) in [5, 5.41) is 0. The molecule has 2 aliphatic heterocycles. The minimum Gasteiger partial charge on any atom is -0.467 e. The average molecular weight is 207 g/mol. The number of carbonyl (C=O) groups is 1. The quantitative estimate of drug-likeness (QED) is 0.480. The molecular weight excluding hydrogens is 190 g/mol. The topological polar surface area (TPSA) is 29.5 Å². The van der Waals surface area contributed by atoms with Crippen LogP contribution in [-0.4, -0.2) is 36.6 Å². The highest BCUT2D eigenvalue weighted by molar-refractivity contribution is 5.87. The molecule has 1 atom stereocenters. The molecule has 3 rings (SSSR count). The van der Waals surface area contributed by atoms with Gasteiger partial charge in [-0.1, -0.05) is 6.58 Å². The highest BCUT2D eigenvalue weighted by Gasteiger charge is 2.66. The highest BCUT2D eigenvalue weighted by Crippen LogP contribution is 2.63. The van der Waals surface area contributed by atoms with Crippen molar-refractivity contribution in [3.63, 3.8) is 0 Å². The number of carbonyl (C=O) groups excluding carboxylic acids is 1. The Morgan fingerprint density at radius 1 is 1.47 bits per heavy atom. The summed E-state index contributed by atoms with van der Waals surface area (Å²) in [6, 6.07) is 0. The van der Waals surface area contributed by atoms with Gasteiger partial charge >= 0.3 is 5.97 Å². The van der Waals surface area contributed by atoms with Crippen LogP contribution in [0.25, 0.3) is 0 Å². The maximum Gasteiger partial charge on any atom is 0.330 e. The lowest BCUT2D eigenvalue weighted by Gasteiger charge is -2.29. The van der Waals surface area contributed by atoms with Gasteiger partial charge in [0.1, 0.15) is 5.54 Å². The van der Waals surface area contributed by atoms with Crippen LogP contribution in [0, 0.1) is 5.41 Å². The van der Waals surface area contributed by atoms with Gasteiger partial charge in [-0.15, -0.1) is 0 Å².